The van der Waals surface area contributed by atoms with Gasteiger partial charge in [0.2, 0.25) is 16.9 Å². The number of hydrogen-bond donors (Lipinski definition) is 1. The van der Waals surface area contributed by atoms with Crippen molar-refractivity contribution in [1.29, 1.82) is 0 Å². The van der Waals surface area contributed by atoms with E-state index in [1.54, 1.807) is 35.0 Å². The minimum Gasteiger partial charge on any atom is -0.439 e. The first kappa shape index (κ1) is 21.7. The van der Waals surface area contributed by atoms with Crippen molar-refractivity contribution in [2.24, 2.45) is 0 Å². The highest BCUT2D eigenvalue weighted by Crippen LogP contribution is 2.23. The fourth-order valence-electron chi connectivity index (χ4n) is 3.24. The molecule has 0 fully saturated rings. The standard InChI is InChI=1S/C22H21FN6O2S/c1-13-18(14(2)29-21(26-13)27-22(28-29)32-3)11-19(30)25-12-15-6-5-9-24-20(15)31-17-8-4-7-16(23)10-17/h4-10H,11-12H2,1-3H3,(H,25,30). The quantitative estimate of drug-likeness (QED) is 0.428. The number of pyridine rings is 1. The zero-order chi connectivity index (χ0) is 22.7. The van der Waals surface area contributed by atoms with Gasteiger partial charge in [-0.3, -0.25) is 4.79 Å². The molecule has 1 amide bonds. The third-order valence-electron chi connectivity index (χ3n) is 4.89. The van der Waals surface area contributed by atoms with E-state index in [4.69, 9.17) is 4.74 Å². The summed E-state index contributed by atoms with van der Waals surface area (Å²) in [6.45, 7) is 3.97. The fourth-order valence-corrected chi connectivity index (χ4v) is 3.58. The molecule has 0 unspecified atom stereocenters. The molecule has 1 N–H and O–H groups in total. The molecule has 8 nitrogen and oxygen atoms in total. The lowest BCUT2D eigenvalue weighted by atomic mass is 10.1. The Morgan fingerprint density at radius 3 is 2.84 bits per heavy atom. The molecule has 0 aliphatic rings. The zero-order valence-electron chi connectivity index (χ0n) is 17.8. The van der Waals surface area contributed by atoms with Gasteiger partial charge in [-0.2, -0.15) is 4.98 Å². The summed E-state index contributed by atoms with van der Waals surface area (Å²) in [5.74, 6) is 0.577. The Hall–Kier alpha value is -3.53. The maximum Gasteiger partial charge on any atom is 0.253 e. The molecule has 1 aromatic carbocycles. The molecule has 10 heteroatoms. The first-order chi connectivity index (χ1) is 15.4. The molecule has 0 bridgehead atoms. The number of thioether (sulfide) groups is 1. The predicted octanol–water partition coefficient (Wildman–Crippen LogP) is 3.65. The van der Waals surface area contributed by atoms with Crippen molar-refractivity contribution in [3.8, 4) is 11.6 Å². The van der Waals surface area contributed by atoms with Crippen molar-refractivity contribution in [3.63, 3.8) is 0 Å². The van der Waals surface area contributed by atoms with Crippen LogP contribution in [-0.4, -0.2) is 36.7 Å². The van der Waals surface area contributed by atoms with E-state index in [-0.39, 0.29) is 18.9 Å². The summed E-state index contributed by atoms with van der Waals surface area (Å²) >= 11 is 1.44. The van der Waals surface area contributed by atoms with E-state index in [9.17, 15) is 9.18 Å². The fraction of sp³-hybridized carbons (Fsp3) is 0.227. The Balaban J connectivity index is 1.47. The first-order valence-corrected chi connectivity index (χ1v) is 11.1. The number of carbonyl (C=O) groups is 1. The minimum absolute atomic E-state index is 0.148. The van der Waals surface area contributed by atoms with Gasteiger partial charge in [0.1, 0.15) is 11.6 Å². The minimum atomic E-state index is -0.401. The van der Waals surface area contributed by atoms with Crippen LogP contribution in [0.3, 0.4) is 0 Å². The van der Waals surface area contributed by atoms with Crippen LogP contribution in [0.1, 0.15) is 22.5 Å². The molecule has 0 aliphatic carbocycles. The number of aryl methyl sites for hydroxylation is 2. The second-order valence-corrected chi connectivity index (χ2v) is 7.83. The number of fused-ring (bicyclic) bond motifs is 1. The number of aromatic nitrogens is 5. The van der Waals surface area contributed by atoms with E-state index in [1.807, 2.05) is 20.1 Å². The first-order valence-electron chi connectivity index (χ1n) is 9.85. The molecule has 32 heavy (non-hydrogen) atoms. The van der Waals surface area contributed by atoms with Gasteiger partial charge in [0.25, 0.3) is 5.78 Å². The summed E-state index contributed by atoms with van der Waals surface area (Å²) in [6.07, 6.45) is 3.62. The van der Waals surface area contributed by atoms with Crippen LogP contribution in [0.15, 0.2) is 47.8 Å². The van der Waals surface area contributed by atoms with Crippen LogP contribution in [-0.2, 0) is 17.8 Å². The van der Waals surface area contributed by atoms with Gasteiger partial charge in [0, 0.05) is 41.3 Å². The normalized spacial score (nSPS) is 11.0. The number of ether oxygens (including phenoxy) is 1. The van der Waals surface area contributed by atoms with E-state index in [0.717, 1.165) is 17.0 Å². The third kappa shape index (κ3) is 4.70. The van der Waals surface area contributed by atoms with Gasteiger partial charge >= 0.3 is 0 Å². The molecule has 3 heterocycles. The van der Waals surface area contributed by atoms with E-state index in [0.29, 0.717) is 28.1 Å². The summed E-state index contributed by atoms with van der Waals surface area (Å²) in [7, 11) is 0. The van der Waals surface area contributed by atoms with Gasteiger partial charge in [0.05, 0.1) is 6.42 Å². The number of carbonyl (C=O) groups excluding carboxylic acids is 1. The number of nitrogens with one attached hydrogen (secondary N) is 1. The van der Waals surface area contributed by atoms with Crippen LogP contribution in [0.25, 0.3) is 5.78 Å². The number of nitrogens with zero attached hydrogens (tertiary/aromatic N) is 5. The maximum atomic E-state index is 13.4. The van der Waals surface area contributed by atoms with E-state index in [1.165, 1.54) is 23.9 Å². The predicted molar refractivity (Wildman–Crippen MR) is 118 cm³/mol. The molecule has 0 saturated heterocycles. The third-order valence-corrected chi connectivity index (χ3v) is 5.42. The lowest BCUT2D eigenvalue weighted by molar-refractivity contribution is -0.120. The Morgan fingerprint density at radius 1 is 1.22 bits per heavy atom. The highest BCUT2D eigenvalue weighted by Gasteiger charge is 2.16. The van der Waals surface area contributed by atoms with Crippen LogP contribution in [0.4, 0.5) is 4.39 Å². The number of benzene rings is 1. The molecule has 4 rings (SSSR count). The molecule has 4 aromatic rings. The Morgan fingerprint density at radius 2 is 2.06 bits per heavy atom. The molecule has 164 valence electrons. The molecular formula is C22H21FN6O2S. The topological polar surface area (TPSA) is 94.3 Å². The number of amides is 1. The van der Waals surface area contributed by atoms with Crippen LogP contribution in [0, 0.1) is 19.7 Å². The molecule has 0 atom stereocenters. The second kappa shape index (κ2) is 9.31. The maximum absolute atomic E-state index is 13.4. The van der Waals surface area contributed by atoms with Gasteiger partial charge < -0.3 is 10.1 Å². The summed E-state index contributed by atoms with van der Waals surface area (Å²) in [4.78, 5) is 25.8. The Bertz CT molecular complexity index is 1290. The van der Waals surface area contributed by atoms with E-state index >= 15 is 0 Å². The smallest absolute Gasteiger partial charge is 0.253 e. The van der Waals surface area contributed by atoms with Gasteiger partial charge in [-0.05, 0) is 38.3 Å². The summed E-state index contributed by atoms with van der Waals surface area (Å²) in [6, 6.07) is 9.36. The van der Waals surface area contributed by atoms with Crippen LogP contribution < -0.4 is 10.1 Å². The van der Waals surface area contributed by atoms with Crippen LogP contribution in [0.5, 0.6) is 11.6 Å². The van der Waals surface area contributed by atoms with Crippen molar-refractivity contribution in [2.45, 2.75) is 32.0 Å². The monoisotopic (exact) mass is 452 g/mol. The van der Waals surface area contributed by atoms with Gasteiger partial charge in [-0.25, -0.2) is 18.9 Å². The lowest BCUT2D eigenvalue weighted by Gasteiger charge is -2.12. The molecule has 0 radical (unpaired) electrons. The zero-order valence-corrected chi connectivity index (χ0v) is 18.6. The Labute approximate surface area is 188 Å². The van der Waals surface area contributed by atoms with Crippen molar-refractivity contribution < 1.29 is 13.9 Å². The largest absolute Gasteiger partial charge is 0.439 e. The number of halogens is 1. The molecule has 3 aromatic heterocycles. The van der Waals surface area contributed by atoms with Gasteiger partial charge in [-0.15, -0.1) is 5.10 Å². The van der Waals surface area contributed by atoms with Gasteiger partial charge in [0.15, 0.2) is 0 Å². The SMILES string of the molecule is CSc1nc2nc(C)c(CC(=O)NCc3cccnc3Oc3cccc(F)c3)c(C)n2n1. The average molecular weight is 453 g/mol. The van der Waals surface area contributed by atoms with Crippen LogP contribution >= 0.6 is 11.8 Å². The summed E-state index contributed by atoms with van der Waals surface area (Å²) < 4.78 is 20.8. The van der Waals surface area contributed by atoms with E-state index < -0.39 is 5.82 Å². The summed E-state index contributed by atoms with van der Waals surface area (Å²) in [5, 5.41) is 7.94. The second-order valence-electron chi connectivity index (χ2n) is 7.05. The van der Waals surface area contributed by atoms with Crippen molar-refractivity contribution >= 4 is 23.4 Å². The average Bonchev–Trinajstić information content (AvgIpc) is 3.19. The lowest BCUT2D eigenvalue weighted by Crippen LogP contribution is -2.26. The van der Waals surface area contributed by atoms with Crippen LogP contribution in [0.2, 0.25) is 0 Å². The molecule has 0 saturated carbocycles. The number of rotatable bonds is 7. The Kier molecular flexibility index (Phi) is 6.31. The van der Waals surface area contributed by atoms with Crippen molar-refractivity contribution in [3.05, 3.63) is 70.9 Å². The highest BCUT2D eigenvalue weighted by molar-refractivity contribution is 7.98. The molecule has 0 spiro atoms. The molecular weight excluding hydrogens is 431 g/mol. The van der Waals surface area contributed by atoms with Crippen molar-refractivity contribution in [1.82, 2.24) is 29.9 Å². The van der Waals surface area contributed by atoms with Gasteiger partial charge in [-0.1, -0.05) is 23.9 Å². The van der Waals surface area contributed by atoms with E-state index in [2.05, 4.69) is 25.4 Å². The highest BCUT2D eigenvalue weighted by atomic mass is 32.2. The molecule has 0 aliphatic heterocycles. The van der Waals surface area contributed by atoms with Crippen molar-refractivity contribution in [2.75, 3.05) is 6.26 Å². The summed E-state index contributed by atoms with van der Waals surface area (Å²) in [5.41, 5.74) is 3.04. The number of hydrogen-bond acceptors (Lipinski definition) is 7.